The second kappa shape index (κ2) is 7.33. The van der Waals surface area contributed by atoms with E-state index in [-0.39, 0.29) is 29.6 Å². The zero-order valence-corrected chi connectivity index (χ0v) is 13.2. The Morgan fingerprint density at radius 1 is 1.20 bits per heavy atom. The minimum Gasteiger partial charge on any atom is -0.392 e. The van der Waals surface area contributed by atoms with E-state index in [1.807, 2.05) is 0 Å². The molecule has 0 heterocycles. The summed E-state index contributed by atoms with van der Waals surface area (Å²) < 4.78 is 21.6. The summed E-state index contributed by atoms with van der Waals surface area (Å²) in [5.74, 6) is -0.325. The molecule has 0 aromatic rings. The second-order valence-corrected chi connectivity index (χ2v) is 7.51. The van der Waals surface area contributed by atoms with Gasteiger partial charge in [-0.1, -0.05) is 37.9 Å². The highest BCUT2D eigenvalue weighted by Crippen LogP contribution is 2.35. The maximum absolute atomic E-state index is 12.4. The van der Waals surface area contributed by atoms with Crippen LogP contribution in [-0.2, 0) is 14.8 Å². The lowest BCUT2D eigenvalue weighted by molar-refractivity contribution is -0.128. The quantitative estimate of drug-likeness (QED) is 0.372. The summed E-state index contributed by atoms with van der Waals surface area (Å²) in [7, 11) is -3.49. The van der Waals surface area contributed by atoms with Crippen LogP contribution in [0.3, 0.4) is 0 Å². The zero-order chi connectivity index (χ0) is 15.2. The van der Waals surface area contributed by atoms with Gasteiger partial charge in [0.15, 0.2) is 0 Å². The van der Waals surface area contributed by atoms with Crippen LogP contribution < -0.4 is 16.2 Å². The number of nitrogens with one attached hydrogen (secondary N) is 1. The van der Waals surface area contributed by atoms with E-state index in [4.69, 9.17) is 23.1 Å². The Bertz CT molecular complexity index is 455. The molecule has 0 unspecified atom stereocenters. The predicted molar refractivity (Wildman–Crippen MR) is 82.5 cm³/mol. The maximum atomic E-state index is 12.4. The van der Waals surface area contributed by atoms with Crippen molar-refractivity contribution in [1.82, 2.24) is 5.32 Å². The number of rotatable bonds is 6. The lowest BCUT2D eigenvalue weighted by Crippen LogP contribution is -2.49. The highest BCUT2D eigenvalue weighted by Gasteiger charge is 2.41. The van der Waals surface area contributed by atoms with Crippen LogP contribution in [0.2, 0.25) is 0 Å². The molecule has 0 aromatic carbocycles. The van der Waals surface area contributed by atoms with E-state index < -0.39 is 15.4 Å². The number of carbonyl (C=O) groups is 1. The molecule has 0 bridgehead atoms. The number of hydrogen-bond donors (Lipinski definition) is 3. The third-order valence-corrected chi connectivity index (χ3v) is 5.00. The number of carbonyl (C=O) groups excluding carboxylic acids is 1. The van der Waals surface area contributed by atoms with E-state index in [2.05, 4.69) is 5.32 Å². The van der Waals surface area contributed by atoms with Crippen molar-refractivity contribution in [3.05, 3.63) is 0 Å². The van der Waals surface area contributed by atoms with Crippen LogP contribution >= 0.6 is 12.2 Å². The molecule has 0 spiro atoms. The van der Waals surface area contributed by atoms with Crippen molar-refractivity contribution in [1.29, 1.82) is 0 Å². The molecule has 1 fully saturated rings. The first-order chi connectivity index (χ1) is 9.28. The van der Waals surface area contributed by atoms with Crippen molar-refractivity contribution in [3.63, 3.8) is 0 Å². The Kier molecular flexibility index (Phi) is 6.35. The molecular formula is C12H23N3O3S2. The van der Waals surface area contributed by atoms with E-state index in [0.717, 1.165) is 25.7 Å². The highest BCUT2D eigenvalue weighted by molar-refractivity contribution is 7.89. The Balaban J connectivity index is 2.58. The number of amides is 1. The second-order valence-electron chi connectivity index (χ2n) is 5.34. The topological polar surface area (TPSA) is 115 Å². The van der Waals surface area contributed by atoms with Gasteiger partial charge < -0.3 is 11.1 Å². The minimum absolute atomic E-state index is 0.145. The maximum Gasteiger partial charge on any atom is 0.233 e. The fourth-order valence-electron chi connectivity index (χ4n) is 2.56. The van der Waals surface area contributed by atoms with Crippen LogP contribution in [0, 0.1) is 5.41 Å². The van der Waals surface area contributed by atoms with E-state index in [0.29, 0.717) is 12.8 Å². The largest absolute Gasteiger partial charge is 0.392 e. The first kappa shape index (κ1) is 17.3. The Labute approximate surface area is 125 Å². The number of nitrogens with two attached hydrogens (primary N) is 2. The van der Waals surface area contributed by atoms with Crippen LogP contribution in [0.1, 0.15) is 44.9 Å². The number of hydrogen-bond acceptors (Lipinski definition) is 4. The lowest BCUT2D eigenvalue weighted by atomic mass is 9.79. The molecule has 5 N–H and O–H groups in total. The van der Waals surface area contributed by atoms with E-state index >= 15 is 0 Å². The molecule has 8 heteroatoms. The van der Waals surface area contributed by atoms with Gasteiger partial charge in [-0.2, -0.15) is 0 Å². The van der Waals surface area contributed by atoms with Crippen LogP contribution in [-0.4, -0.2) is 31.6 Å². The van der Waals surface area contributed by atoms with Gasteiger partial charge in [-0.3, -0.25) is 4.79 Å². The van der Waals surface area contributed by atoms with Crippen LogP contribution in [0.25, 0.3) is 0 Å². The molecule has 1 rings (SSSR count). The van der Waals surface area contributed by atoms with Gasteiger partial charge in [0.05, 0.1) is 16.2 Å². The zero-order valence-electron chi connectivity index (χ0n) is 11.6. The van der Waals surface area contributed by atoms with Gasteiger partial charge in [-0.15, -0.1) is 0 Å². The Morgan fingerprint density at radius 2 is 1.75 bits per heavy atom. The third kappa shape index (κ3) is 4.99. The number of primary sulfonamides is 1. The normalized spacial score (nSPS) is 19.1. The van der Waals surface area contributed by atoms with Crippen molar-refractivity contribution in [2.75, 3.05) is 12.3 Å². The average molecular weight is 321 g/mol. The monoisotopic (exact) mass is 321 g/mol. The summed E-state index contributed by atoms with van der Waals surface area (Å²) in [6, 6.07) is 0. The van der Waals surface area contributed by atoms with Crippen LogP contribution in [0.5, 0.6) is 0 Å². The highest BCUT2D eigenvalue weighted by atomic mass is 32.2. The summed E-state index contributed by atoms with van der Waals surface area (Å²) in [6.07, 6.45) is 5.67. The lowest BCUT2D eigenvalue weighted by Gasteiger charge is -2.30. The molecule has 6 nitrogen and oxygen atoms in total. The van der Waals surface area contributed by atoms with Gasteiger partial charge in [0, 0.05) is 6.54 Å². The molecular weight excluding hydrogens is 298 g/mol. The van der Waals surface area contributed by atoms with Crippen molar-refractivity contribution >= 4 is 33.1 Å². The molecule has 0 atom stereocenters. The molecule has 0 saturated heterocycles. The Hall–Kier alpha value is -0.730. The molecule has 0 aliphatic heterocycles. The molecule has 1 aliphatic carbocycles. The fourth-order valence-corrected chi connectivity index (χ4v) is 3.41. The van der Waals surface area contributed by atoms with Gasteiger partial charge in [0.2, 0.25) is 15.9 Å². The molecule has 20 heavy (non-hydrogen) atoms. The fraction of sp³-hybridized carbons (Fsp3) is 0.833. The molecule has 0 radical (unpaired) electrons. The van der Waals surface area contributed by atoms with Crippen LogP contribution in [0.15, 0.2) is 0 Å². The van der Waals surface area contributed by atoms with Crippen molar-refractivity contribution in [2.45, 2.75) is 44.9 Å². The van der Waals surface area contributed by atoms with Gasteiger partial charge in [-0.05, 0) is 19.3 Å². The average Bonchev–Trinajstić information content (AvgIpc) is 2.59. The summed E-state index contributed by atoms with van der Waals surface area (Å²) in [5.41, 5.74) is 5.03. The van der Waals surface area contributed by atoms with Crippen molar-refractivity contribution < 1.29 is 13.2 Å². The van der Waals surface area contributed by atoms with Gasteiger partial charge in [0.1, 0.15) is 0 Å². The summed E-state index contributed by atoms with van der Waals surface area (Å²) in [6.45, 7) is 0.264. The number of thiocarbonyl (C=S) groups is 1. The smallest absolute Gasteiger partial charge is 0.233 e. The van der Waals surface area contributed by atoms with Crippen LogP contribution in [0.4, 0.5) is 0 Å². The summed E-state index contributed by atoms with van der Waals surface area (Å²) in [5, 5.41) is 7.66. The van der Waals surface area contributed by atoms with Crippen molar-refractivity contribution in [3.8, 4) is 0 Å². The first-order valence-corrected chi connectivity index (χ1v) is 8.99. The third-order valence-electron chi connectivity index (χ3n) is 3.75. The molecule has 1 amide bonds. The van der Waals surface area contributed by atoms with E-state index in [9.17, 15) is 13.2 Å². The van der Waals surface area contributed by atoms with Gasteiger partial charge >= 0.3 is 0 Å². The summed E-state index contributed by atoms with van der Waals surface area (Å²) >= 11 is 5.10. The molecule has 1 aliphatic rings. The van der Waals surface area contributed by atoms with Crippen molar-refractivity contribution in [2.24, 2.45) is 16.3 Å². The standard InChI is InChI=1S/C12H23N3O3S2/c13-10(19)12(6-3-1-2-4-7-12)11(16)15-8-5-9-20(14,17)18/h1-9H2,(H2,13,19)(H,15,16)(H2,14,17,18). The van der Waals surface area contributed by atoms with Gasteiger partial charge in [0.25, 0.3) is 0 Å². The minimum atomic E-state index is -3.49. The number of sulfonamides is 1. The van der Waals surface area contributed by atoms with E-state index in [1.165, 1.54) is 0 Å². The summed E-state index contributed by atoms with van der Waals surface area (Å²) in [4.78, 5) is 12.6. The predicted octanol–water partition coefficient (Wildman–Crippen LogP) is 0.408. The van der Waals surface area contributed by atoms with Gasteiger partial charge in [-0.25, -0.2) is 13.6 Å². The Morgan fingerprint density at radius 3 is 2.20 bits per heavy atom. The molecule has 116 valence electrons. The first-order valence-electron chi connectivity index (χ1n) is 6.87. The molecule has 1 saturated carbocycles. The molecule has 0 aromatic heterocycles. The van der Waals surface area contributed by atoms with E-state index in [1.54, 1.807) is 0 Å². The SMILES string of the molecule is NC(=S)C1(C(=O)NCCCS(N)(=O)=O)CCCCCC1.